The zero-order chi connectivity index (χ0) is 17.7. The van der Waals surface area contributed by atoms with Gasteiger partial charge in [0.05, 0.1) is 16.5 Å². The molecule has 0 aliphatic rings. The highest BCUT2D eigenvalue weighted by atomic mass is 35.5. The van der Waals surface area contributed by atoms with Gasteiger partial charge in [0.2, 0.25) is 0 Å². The summed E-state index contributed by atoms with van der Waals surface area (Å²) in [6.45, 7) is -0.578. The van der Waals surface area contributed by atoms with E-state index in [1.54, 1.807) is 0 Å². The maximum Gasteiger partial charge on any atom is 0.310 e. The molecule has 2 rings (SSSR count). The van der Waals surface area contributed by atoms with Gasteiger partial charge in [-0.05, 0) is 18.2 Å². The van der Waals surface area contributed by atoms with Crippen LogP contribution in [0.5, 0.6) is 0 Å². The average molecular weight is 392 g/mol. The van der Waals surface area contributed by atoms with Crippen LogP contribution in [-0.4, -0.2) is 23.5 Å². The second kappa shape index (κ2) is 8.28. The minimum absolute atomic E-state index is 0.00647. The summed E-state index contributed by atoms with van der Waals surface area (Å²) in [4.78, 5) is 27.3. The molecule has 24 heavy (non-hydrogen) atoms. The molecule has 0 bridgehead atoms. The van der Waals surface area contributed by atoms with E-state index in [0.717, 1.165) is 0 Å². The van der Waals surface area contributed by atoms with Gasteiger partial charge in [-0.3, -0.25) is 9.59 Å². The van der Waals surface area contributed by atoms with Crippen molar-refractivity contribution in [2.75, 3.05) is 11.9 Å². The van der Waals surface area contributed by atoms with Gasteiger partial charge in [-0.1, -0.05) is 40.9 Å². The van der Waals surface area contributed by atoms with Crippen LogP contribution < -0.4 is 5.32 Å². The Morgan fingerprint density at radius 2 is 1.96 bits per heavy atom. The lowest BCUT2D eigenvalue weighted by Gasteiger charge is -2.08. The fraction of sp³-hybridized carbons (Fsp3) is 0.133. The molecule has 2 aromatic rings. The van der Waals surface area contributed by atoms with E-state index in [9.17, 15) is 14.0 Å². The molecule has 1 amide bonds. The average Bonchev–Trinajstić information content (AvgIpc) is 2.52. The van der Waals surface area contributed by atoms with Crippen LogP contribution in [0.15, 0.2) is 30.5 Å². The number of ether oxygens (including phenoxy) is 1. The Morgan fingerprint density at radius 1 is 1.21 bits per heavy atom. The van der Waals surface area contributed by atoms with Crippen molar-refractivity contribution >= 4 is 52.5 Å². The maximum atomic E-state index is 13.6. The number of nitrogens with one attached hydrogen (secondary N) is 1. The lowest BCUT2D eigenvalue weighted by molar-refractivity contribution is -0.146. The fourth-order valence-electron chi connectivity index (χ4n) is 1.72. The van der Waals surface area contributed by atoms with Crippen LogP contribution in [0.4, 0.5) is 10.2 Å². The molecule has 1 N–H and O–H groups in total. The first-order valence-electron chi connectivity index (χ1n) is 6.56. The molecular weight excluding hydrogens is 382 g/mol. The van der Waals surface area contributed by atoms with Crippen molar-refractivity contribution in [1.82, 2.24) is 4.98 Å². The van der Waals surface area contributed by atoms with Crippen molar-refractivity contribution < 1.29 is 18.7 Å². The number of pyridine rings is 1. The number of nitrogens with zero attached hydrogens (tertiary/aromatic N) is 1. The Hall–Kier alpha value is -1.89. The highest BCUT2D eigenvalue weighted by Gasteiger charge is 2.15. The number of aromatic nitrogens is 1. The molecule has 126 valence electrons. The minimum atomic E-state index is -0.799. The number of benzene rings is 1. The van der Waals surface area contributed by atoms with Gasteiger partial charge in [0.1, 0.15) is 5.82 Å². The van der Waals surface area contributed by atoms with Gasteiger partial charge >= 0.3 is 5.97 Å². The van der Waals surface area contributed by atoms with E-state index in [1.165, 1.54) is 30.5 Å². The fourth-order valence-corrected chi connectivity index (χ4v) is 2.37. The maximum absolute atomic E-state index is 13.6. The number of hydrogen-bond donors (Lipinski definition) is 1. The number of rotatable bonds is 5. The van der Waals surface area contributed by atoms with Crippen LogP contribution in [0.1, 0.15) is 5.56 Å². The van der Waals surface area contributed by atoms with Gasteiger partial charge in [-0.2, -0.15) is 0 Å². The van der Waals surface area contributed by atoms with Crippen LogP contribution in [0.25, 0.3) is 0 Å². The number of anilines is 1. The largest absolute Gasteiger partial charge is 0.455 e. The molecule has 0 radical (unpaired) electrons. The van der Waals surface area contributed by atoms with Crippen molar-refractivity contribution in [2.24, 2.45) is 0 Å². The summed E-state index contributed by atoms with van der Waals surface area (Å²) in [5.74, 6) is -1.99. The van der Waals surface area contributed by atoms with E-state index in [4.69, 9.17) is 39.5 Å². The molecule has 0 aliphatic heterocycles. The summed E-state index contributed by atoms with van der Waals surface area (Å²) in [6.07, 6.45) is 0.911. The number of carbonyl (C=O) groups is 2. The molecule has 1 aromatic heterocycles. The van der Waals surface area contributed by atoms with Crippen molar-refractivity contribution in [3.8, 4) is 0 Å². The Balaban J connectivity index is 1.88. The molecular formula is C15H10Cl3FN2O3. The quantitative estimate of drug-likeness (QED) is 0.785. The predicted molar refractivity (Wildman–Crippen MR) is 89.0 cm³/mol. The predicted octanol–water partition coefficient (Wildman–Crippen LogP) is 3.91. The summed E-state index contributed by atoms with van der Waals surface area (Å²) < 4.78 is 18.3. The third kappa shape index (κ3) is 5.06. The van der Waals surface area contributed by atoms with E-state index in [-0.39, 0.29) is 21.4 Å². The molecule has 0 saturated heterocycles. The van der Waals surface area contributed by atoms with Crippen molar-refractivity contribution in [1.29, 1.82) is 0 Å². The van der Waals surface area contributed by atoms with Gasteiger partial charge in [-0.25, -0.2) is 9.37 Å². The summed E-state index contributed by atoms with van der Waals surface area (Å²) in [5, 5.41) is 2.92. The van der Waals surface area contributed by atoms with Crippen LogP contribution in [0.3, 0.4) is 0 Å². The lowest BCUT2D eigenvalue weighted by Crippen LogP contribution is -2.22. The topological polar surface area (TPSA) is 68.3 Å². The third-order valence-electron chi connectivity index (χ3n) is 2.81. The normalized spacial score (nSPS) is 10.3. The summed E-state index contributed by atoms with van der Waals surface area (Å²) in [6, 6.07) is 5.45. The Kier molecular flexibility index (Phi) is 6.36. The second-order valence-electron chi connectivity index (χ2n) is 4.57. The number of hydrogen-bond acceptors (Lipinski definition) is 4. The first kappa shape index (κ1) is 18.4. The molecule has 0 saturated carbocycles. The molecule has 0 unspecified atom stereocenters. The van der Waals surface area contributed by atoms with E-state index in [2.05, 4.69) is 10.3 Å². The van der Waals surface area contributed by atoms with Gasteiger partial charge in [0, 0.05) is 16.8 Å². The molecule has 1 heterocycles. The monoisotopic (exact) mass is 390 g/mol. The zero-order valence-corrected chi connectivity index (χ0v) is 14.3. The van der Waals surface area contributed by atoms with Crippen LogP contribution in [-0.2, 0) is 20.7 Å². The van der Waals surface area contributed by atoms with E-state index in [0.29, 0.717) is 5.02 Å². The van der Waals surface area contributed by atoms with Gasteiger partial charge in [0.25, 0.3) is 5.91 Å². The molecule has 1 aromatic carbocycles. The molecule has 0 atom stereocenters. The molecule has 9 heteroatoms. The van der Waals surface area contributed by atoms with E-state index in [1.807, 2.05) is 0 Å². The Morgan fingerprint density at radius 3 is 2.62 bits per heavy atom. The number of amides is 1. The molecule has 0 aliphatic carbocycles. The number of halogens is 4. The Bertz CT molecular complexity index is 766. The summed E-state index contributed by atoms with van der Waals surface area (Å²) >= 11 is 17.4. The van der Waals surface area contributed by atoms with E-state index < -0.39 is 30.7 Å². The third-order valence-corrected chi connectivity index (χ3v) is 3.66. The summed E-state index contributed by atoms with van der Waals surface area (Å²) in [5.41, 5.74) is 0.00647. The highest BCUT2D eigenvalue weighted by molar-refractivity contribution is 6.36. The smallest absolute Gasteiger partial charge is 0.310 e. The molecule has 5 nitrogen and oxygen atoms in total. The van der Waals surface area contributed by atoms with Crippen molar-refractivity contribution in [2.45, 2.75) is 6.42 Å². The highest BCUT2D eigenvalue weighted by Crippen LogP contribution is 2.22. The van der Waals surface area contributed by atoms with Gasteiger partial charge in [-0.15, -0.1) is 0 Å². The summed E-state index contributed by atoms with van der Waals surface area (Å²) in [7, 11) is 0. The lowest BCUT2D eigenvalue weighted by atomic mass is 10.1. The van der Waals surface area contributed by atoms with Crippen molar-refractivity contribution in [3.05, 3.63) is 56.9 Å². The van der Waals surface area contributed by atoms with Gasteiger partial charge < -0.3 is 10.1 Å². The first-order chi connectivity index (χ1) is 11.4. The molecule has 0 fully saturated rings. The molecule has 0 spiro atoms. The zero-order valence-electron chi connectivity index (χ0n) is 12.0. The van der Waals surface area contributed by atoms with Crippen LogP contribution in [0.2, 0.25) is 15.1 Å². The van der Waals surface area contributed by atoms with Gasteiger partial charge in [0.15, 0.2) is 12.4 Å². The van der Waals surface area contributed by atoms with Crippen LogP contribution >= 0.6 is 34.8 Å². The first-order valence-corrected chi connectivity index (χ1v) is 7.69. The van der Waals surface area contributed by atoms with Crippen molar-refractivity contribution in [3.63, 3.8) is 0 Å². The number of carbonyl (C=O) groups excluding carboxylic acids is 2. The standard InChI is InChI=1S/C15H10Cl3FN2O3/c16-8-4-11(18)15(20-6-8)21-13(22)7-24-14(23)5-9-10(17)2-1-3-12(9)19/h1-4,6H,5,7H2,(H,20,21,22). The Labute approximate surface area is 151 Å². The van der Waals surface area contributed by atoms with Crippen LogP contribution in [0, 0.1) is 5.82 Å². The SMILES string of the molecule is O=C(COC(=O)Cc1c(F)cccc1Cl)Nc1ncc(Cl)cc1Cl. The minimum Gasteiger partial charge on any atom is -0.455 e. The van der Waals surface area contributed by atoms with E-state index >= 15 is 0 Å². The second-order valence-corrected chi connectivity index (χ2v) is 5.82. The number of esters is 1.